The molecule has 0 fully saturated rings. The molecular weight excluding hydrogens is 317 g/mol. The van der Waals surface area contributed by atoms with Gasteiger partial charge in [0.25, 0.3) is 0 Å². The Balaban J connectivity index is 1.76. The van der Waals surface area contributed by atoms with Gasteiger partial charge in [0.2, 0.25) is 0 Å². The zero-order chi connectivity index (χ0) is 17.5. The molecule has 2 aromatic carbocycles. The van der Waals surface area contributed by atoms with Crippen LogP contribution in [0.3, 0.4) is 0 Å². The highest BCUT2D eigenvalue weighted by Crippen LogP contribution is 2.08. The van der Waals surface area contributed by atoms with Gasteiger partial charge in [0.1, 0.15) is 18.6 Å². The second kappa shape index (κ2) is 7.93. The molecule has 0 atom stereocenters. The number of aromatic nitrogens is 2. The van der Waals surface area contributed by atoms with Crippen molar-refractivity contribution in [3.63, 3.8) is 0 Å². The van der Waals surface area contributed by atoms with Crippen molar-refractivity contribution in [2.24, 2.45) is 5.16 Å². The fraction of sp³-hybridized carbons (Fsp3) is 0.100. The van der Waals surface area contributed by atoms with Crippen molar-refractivity contribution < 1.29 is 9.23 Å². The number of rotatable bonds is 4. The first kappa shape index (κ1) is 16.5. The van der Waals surface area contributed by atoms with E-state index in [4.69, 9.17) is 4.84 Å². The van der Waals surface area contributed by atoms with Crippen LogP contribution in [0.1, 0.15) is 16.7 Å². The Morgan fingerprint density at radius 2 is 1.72 bits per heavy atom. The molecule has 0 spiro atoms. The SMILES string of the molecule is CON=C(Cn1ccnc1)c1ccc(C#Cc2ccc(F)cc2)cc1. The van der Waals surface area contributed by atoms with Crippen molar-refractivity contribution in [3.05, 3.63) is 89.8 Å². The second-order valence-corrected chi connectivity index (χ2v) is 5.29. The third kappa shape index (κ3) is 4.55. The molecule has 0 unspecified atom stereocenters. The molecule has 0 aliphatic carbocycles. The molecule has 0 aliphatic heterocycles. The molecule has 1 heterocycles. The van der Waals surface area contributed by atoms with Crippen molar-refractivity contribution in [3.8, 4) is 11.8 Å². The van der Waals surface area contributed by atoms with Crippen molar-refractivity contribution >= 4 is 5.71 Å². The van der Waals surface area contributed by atoms with Crippen LogP contribution in [-0.4, -0.2) is 22.4 Å². The normalized spacial score (nSPS) is 10.9. The zero-order valence-electron chi connectivity index (χ0n) is 13.7. The van der Waals surface area contributed by atoms with Crippen LogP contribution in [0.4, 0.5) is 4.39 Å². The number of benzene rings is 2. The third-order valence-corrected chi connectivity index (χ3v) is 3.51. The van der Waals surface area contributed by atoms with Crippen molar-refractivity contribution in [1.29, 1.82) is 0 Å². The molecule has 0 bridgehead atoms. The van der Waals surface area contributed by atoms with Crippen LogP contribution >= 0.6 is 0 Å². The number of imidazole rings is 1. The molecule has 5 heteroatoms. The van der Waals surface area contributed by atoms with E-state index in [1.54, 1.807) is 24.7 Å². The lowest BCUT2D eigenvalue weighted by Gasteiger charge is -2.07. The molecule has 0 N–H and O–H groups in total. The van der Waals surface area contributed by atoms with E-state index in [-0.39, 0.29) is 5.82 Å². The van der Waals surface area contributed by atoms with Crippen LogP contribution in [0.2, 0.25) is 0 Å². The highest BCUT2D eigenvalue weighted by molar-refractivity contribution is 6.00. The van der Waals surface area contributed by atoms with Crippen LogP contribution in [0.15, 0.2) is 72.4 Å². The van der Waals surface area contributed by atoms with Gasteiger partial charge in [0.15, 0.2) is 0 Å². The van der Waals surface area contributed by atoms with Gasteiger partial charge in [-0.2, -0.15) is 0 Å². The Morgan fingerprint density at radius 1 is 1.08 bits per heavy atom. The number of oxime groups is 1. The highest BCUT2D eigenvalue weighted by atomic mass is 19.1. The van der Waals surface area contributed by atoms with Gasteiger partial charge in [-0.3, -0.25) is 0 Å². The van der Waals surface area contributed by atoms with Gasteiger partial charge >= 0.3 is 0 Å². The number of hydrogen-bond donors (Lipinski definition) is 0. The monoisotopic (exact) mass is 333 g/mol. The molecule has 0 saturated heterocycles. The summed E-state index contributed by atoms with van der Waals surface area (Å²) in [6, 6.07) is 13.9. The Morgan fingerprint density at radius 3 is 2.28 bits per heavy atom. The summed E-state index contributed by atoms with van der Waals surface area (Å²) in [5.74, 6) is 5.81. The van der Waals surface area contributed by atoms with E-state index in [0.717, 1.165) is 22.4 Å². The zero-order valence-corrected chi connectivity index (χ0v) is 13.7. The first-order valence-corrected chi connectivity index (χ1v) is 7.68. The minimum Gasteiger partial charge on any atom is -0.399 e. The Hall–Kier alpha value is -3.39. The maximum absolute atomic E-state index is 12.9. The van der Waals surface area contributed by atoms with E-state index in [1.165, 1.54) is 19.2 Å². The Kier molecular flexibility index (Phi) is 5.22. The standard InChI is InChI=1S/C20H16FN3O/c1-25-23-20(14-24-13-12-22-15-24)18-8-4-16(5-9-18)2-3-17-6-10-19(21)11-7-17/h4-13,15H,14H2,1H3. The average molecular weight is 333 g/mol. The van der Waals surface area contributed by atoms with E-state index in [9.17, 15) is 4.39 Å². The minimum atomic E-state index is -0.266. The number of nitrogens with zero attached hydrogens (tertiary/aromatic N) is 3. The predicted octanol–water partition coefficient (Wildman–Crippen LogP) is 3.47. The quantitative estimate of drug-likeness (QED) is 0.417. The van der Waals surface area contributed by atoms with Gasteiger partial charge < -0.3 is 9.40 Å². The van der Waals surface area contributed by atoms with Crippen LogP contribution < -0.4 is 0 Å². The lowest BCUT2D eigenvalue weighted by Crippen LogP contribution is -2.11. The van der Waals surface area contributed by atoms with Crippen molar-refractivity contribution in [2.75, 3.05) is 7.11 Å². The molecule has 0 amide bonds. The molecule has 3 rings (SSSR count). The number of hydrogen-bond acceptors (Lipinski definition) is 3. The minimum absolute atomic E-state index is 0.266. The van der Waals surface area contributed by atoms with Crippen LogP contribution in [-0.2, 0) is 11.4 Å². The van der Waals surface area contributed by atoms with E-state index in [2.05, 4.69) is 22.0 Å². The molecule has 0 saturated carbocycles. The largest absolute Gasteiger partial charge is 0.399 e. The molecule has 124 valence electrons. The van der Waals surface area contributed by atoms with Gasteiger partial charge in [0, 0.05) is 29.1 Å². The molecule has 3 aromatic rings. The maximum Gasteiger partial charge on any atom is 0.123 e. The summed E-state index contributed by atoms with van der Waals surface area (Å²) in [5, 5.41) is 4.10. The summed E-state index contributed by atoms with van der Waals surface area (Å²) >= 11 is 0. The summed E-state index contributed by atoms with van der Waals surface area (Å²) in [6.07, 6.45) is 5.32. The van der Waals surface area contributed by atoms with Gasteiger partial charge in [-0.1, -0.05) is 29.1 Å². The predicted molar refractivity (Wildman–Crippen MR) is 94.6 cm³/mol. The van der Waals surface area contributed by atoms with Gasteiger partial charge in [-0.05, 0) is 36.4 Å². The fourth-order valence-electron chi connectivity index (χ4n) is 2.26. The van der Waals surface area contributed by atoms with Gasteiger partial charge in [-0.25, -0.2) is 9.37 Å². The van der Waals surface area contributed by atoms with Crippen LogP contribution in [0.5, 0.6) is 0 Å². The lowest BCUT2D eigenvalue weighted by atomic mass is 10.1. The van der Waals surface area contributed by atoms with E-state index < -0.39 is 0 Å². The molecule has 4 nitrogen and oxygen atoms in total. The molecular formula is C20H16FN3O. The molecule has 0 radical (unpaired) electrons. The summed E-state index contributed by atoms with van der Waals surface area (Å²) < 4.78 is 14.8. The summed E-state index contributed by atoms with van der Waals surface area (Å²) in [5.41, 5.74) is 3.38. The Bertz CT molecular complexity index is 902. The van der Waals surface area contributed by atoms with Crippen LogP contribution in [0, 0.1) is 17.7 Å². The first-order chi connectivity index (χ1) is 12.2. The summed E-state index contributed by atoms with van der Waals surface area (Å²) in [7, 11) is 1.52. The maximum atomic E-state index is 12.9. The fourth-order valence-corrected chi connectivity index (χ4v) is 2.26. The second-order valence-electron chi connectivity index (χ2n) is 5.29. The Labute approximate surface area is 145 Å². The molecule has 1 aromatic heterocycles. The van der Waals surface area contributed by atoms with E-state index in [0.29, 0.717) is 6.54 Å². The van der Waals surface area contributed by atoms with E-state index in [1.807, 2.05) is 35.0 Å². The smallest absolute Gasteiger partial charge is 0.123 e. The van der Waals surface area contributed by atoms with Crippen molar-refractivity contribution in [2.45, 2.75) is 6.54 Å². The van der Waals surface area contributed by atoms with E-state index >= 15 is 0 Å². The summed E-state index contributed by atoms with van der Waals surface area (Å²) in [4.78, 5) is 8.98. The molecule has 25 heavy (non-hydrogen) atoms. The summed E-state index contributed by atoms with van der Waals surface area (Å²) in [6.45, 7) is 0.564. The topological polar surface area (TPSA) is 39.4 Å². The van der Waals surface area contributed by atoms with Crippen LogP contribution in [0.25, 0.3) is 0 Å². The average Bonchev–Trinajstić information content (AvgIpc) is 3.15. The molecule has 0 aliphatic rings. The van der Waals surface area contributed by atoms with Crippen molar-refractivity contribution in [1.82, 2.24) is 9.55 Å². The number of halogens is 1. The van der Waals surface area contributed by atoms with Gasteiger partial charge in [-0.15, -0.1) is 0 Å². The van der Waals surface area contributed by atoms with Gasteiger partial charge in [0.05, 0.1) is 12.9 Å². The lowest BCUT2D eigenvalue weighted by molar-refractivity contribution is 0.212. The third-order valence-electron chi connectivity index (χ3n) is 3.51. The highest BCUT2D eigenvalue weighted by Gasteiger charge is 2.05. The first-order valence-electron chi connectivity index (χ1n) is 7.68.